The number of amides is 3. The summed E-state index contributed by atoms with van der Waals surface area (Å²) in [6.45, 7) is 15.1. The minimum atomic E-state index is -1.01. The number of aryl methyl sites for hydroxylation is 3. The molecule has 1 fully saturated rings. The molecule has 0 bridgehead atoms. The van der Waals surface area contributed by atoms with E-state index >= 15 is 0 Å². The van der Waals surface area contributed by atoms with E-state index in [1.807, 2.05) is 118 Å². The van der Waals surface area contributed by atoms with Gasteiger partial charge in [-0.05, 0) is 73.9 Å². The van der Waals surface area contributed by atoms with Gasteiger partial charge in [-0.1, -0.05) is 81.4 Å². The molecule has 356 valence electrons. The van der Waals surface area contributed by atoms with Crippen LogP contribution in [0.5, 0.6) is 0 Å². The first kappa shape index (κ1) is 47.2. The molecule has 69 heavy (non-hydrogen) atoms. The Morgan fingerprint density at radius 1 is 0.913 bits per heavy atom. The molecule has 4 N–H and O–H groups in total. The Labute approximate surface area is 407 Å². The quantitative estimate of drug-likeness (QED) is 0.0951. The zero-order valence-corrected chi connectivity index (χ0v) is 41.3. The molecule has 1 saturated heterocycles. The Morgan fingerprint density at radius 3 is 2.30 bits per heavy atom. The summed E-state index contributed by atoms with van der Waals surface area (Å²) in [7, 11) is 0. The number of β-amino-alcohol motifs (C(OH)–C–C–N with tert-alkyl or cyclic N) is 1. The summed E-state index contributed by atoms with van der Waals surface area (Å²) < 4.78 is 3.53. The van der Waals surface area contributed by atoms with Crippen LogP contribution in [0.25, 0.3) is 37.5 Å². The average molecular weight is 967 g/mol. The highest BCUT2D eigenvalue weighted by Gasteiger charge is 2.45. The number of aliphatic imine (C=N–C) groups is 1. The number of carbonyl (C=O) groups excluding carboxylic acids is 3. The molecule has 3 aromatic carbocycles. The lowest BCUT2D eigenvalue weighted by Crippen LogP contribution is -2.58. The van der Waals surface area contributed by atoms with E-state index in [-0.39, 0.29) is 37.9 Å². The first-order chi connectivity index (χ1) is 32.9. The van der Waals surface area contributed by atoms with E-state index in [0.29, 0.717) is 22.9 Å². The number of rotatable bonds is 12. The standard InChI is InChI=1S/C51H54N10O6S2/c1-26-29(4)69-50-43(26)44(55-38(21-42(64)65)47-58-57-30(5)61(47)50)33-16-14-32(15-17-33)36-10-9-11-39-37(36)22-53-60(39)24-41(63)56-46(51(6,7)8)49(67)59-23-35(62)20-40(59)48(66)54-27(2)31-12-18-34(19-13-31)45-28(3)52-25-68-45/h9-19,22,25,27,35,38,40,46,62H,20-21,23-24H2,1-8H3,(H,54,66)(H,56,63)(H,64,65)/t27-,35+,38-,40-,46+/m0/s1. The van der Waals surface area contributed by atoms with Gasteiger partial charge in [0, 0.05) is 34.4 Å². The van der Waals surface area contributed by atoms with E-state index < -0.39 is 47.4 Å². The van der Waals surface area contributed by atoms with E-state index in [0.717, 1.165) is 64.8 Å². The zero-order chi connectivity index (χ0) is 49.1. The minimum Gasteiger partial charge on any atom is -0.481 e. The van der Waals surface area contributed by atoms with Crippen LogP contribution in [0.4, 0.5) is 0 Å². The van der Waals surface area contributed by atoms with Crippen molar-refractivity contribution in [2.75, 3.05) is 6.54 Å². The van der Waals surface area contributed by atoms with E-state index in [2.05, 4.69) is 44.8 Å². The summed E-state index contributed by atoms with van der Waals surface area (Å²) >= 11 is 3.18. The highest BCUT2D eigenvalue weighted by molar-refractivity contribution is 7.15. The monoisotopic (exact) mass is 966 g/mol. The number of thiazole rings is 1. The Balaban J connectivity index is 0.909. The molecule has 2 aliphatic heterocycles. The fourth-order valence-electron chi connectivity index (χ4n) is 9.34. The van der Waals surface area contributed by atoms with Gasteiger partial charge >= 0.3 is 5.97 Å². The van der Waals surface area contributed by atoms with Gasteiger partial charge in [-0.25, -0.2) is 4.98 Å². The van der Waals surface area contributed by atoms with Gasteiger partial charge in [0.25, 0.3) is 0 Å². The van der Waals surface area contributed by atoms with Crippen molar-refractivity contribution in [2.24, 2.45) is 10.4 Å². The number of benzene rings is 3. The van der Waals surface area contributed by atoms with Gasteiger partial charge < -0.3 is 25.7 Å². The number of aliphatic hydroxyl groups excluding tert-OH is 1. The number of thiophene rings is 1. The van der Waals surface area contributed by atoms with Crippen LogP contribution in [0.1, 0.15) is 97.1 Å². The van der Waals surface area contributed by atoms with Crippen molar-refractivity contribution in [2.45, 2.75) is 105 Å². The van der Waals surface area contributed by atoms with Gasteiger partial charge in [0.2, 0.25) is 17.7 Å². The van der Waals surface area contributed by atoms with Gasteiger partial charge in [0.1, 0.15) is 35.5 Å². The van der Waals surface area contributed by atoms with Gasteiger partial charge in [-0.3, -0.25) is 33.4 Å². The number of carboxylic acid groups (broad SMARTS) is 1. The SMILES string of the molecule is Cc1ncsc1-c1ccc([C@H](C)NC(=O)[C@@H]2C[C@@H](O)CN2C(=O)[C@@H](NC(=O)Cn2ncc3c(-c4ccc(C5=N[C@@H](CC(=O)O)c6nnc(C)n6-c6sc(C)c(C)c65)cc4)cccc32)C(C)(C)C)cc1. The summed E-state index contributed by atoms with van der Waals surface area (Å²) in [5, 5.41) is 41.7. The molecule has 2 aliphatic rings. The number of aliphatic hydroxyl groups is 1. The van der Waals surface area contributed by atoms with Crippen molar-refractivity contribution >= 4 is 63.0 Å². The fraction of sp³-hybridized carbons (Fsp3) is 0.353. The topological polar surface area (TPSA) is 210 Å². The van der Waals surface area contributed by atoms with E-state index in [1.54, 1.807) is 33.6 Å². The third-order valence-corrected chi connectivity index (χ3v) is 15.3. The van der Waals surface area contributed by atoms with Crippen LogP contribution in [0, 0.1) is 33.1 Å². The van der Waals surface area contributed by atoms with E-state index in [9.17, 15) is 29.4 Å². The van der Waals surface area contributed by atoms with Crippen molar-refractivity contribution in [3.8, 4) is 26.6 Å². The molecular formula is C51H54N10O6S2. The van der Waals surface area contributed by atoms with Crippen LogP contribution in [-0.2, 0) is 25.7 Å². The molecule has 5 atom stereocenters. The summed E-state index contributed by atoms with van der Waals surface area (Å²) in [6, 6.07) is 18.6. The van der Waals surface area contributed by atoms with Gasteiger partial charge in [0.05, 0.1) is 52.1 Å². The predicted molar refractivity (Wildman–Crippen MR) is 266 cm³/mol. The highest BCUT2D eigenvalue weighted by Crippen LogP contribution is 2.40. The second-order valence-corrected chi connectivity index (χ2v) is 21.1. The molecule has 3 amide bonds. The minimum absolute atomic E-state index is 0.0404. The fourth-order valence-corrected chi connectivity index (χ4v) is 11.4. The maximum atomic E-state index is 14.4. The van der Waals surface area contributed by atoms with Crippen LogP contribution in [0.3, 0.4) is 0 Å². The molecule has 9 rings (SSSR count). The van der Waals surface area contributed by atoms with Gasteiger partial charge in [-0.2, -0.15) is 5.10 Å². The molecule has 18 heteroatoms. The second-order valence-electron chi connectivity index (χ2n) is 19.0. The lowest BCUT2D eigenvalue weighted by molar-refractivity contribution is -0.144. The number of aromatic nitrogens is 6. The molecule has 0 radical (unpaired) electrons. The molecule has 7 aromatic rings. The van der Waals surface area contributed by atoms with Crippen molar-refractivity contribution in [3.05, 3.63) is 123 Å². The van der Waals surface area contributed by atoms with Gasteiger partial charge in [-0.15, -0.1) is 32.9 Å². The number of hydrogen-bond acceptors (Lipinski definition) is 12. The number of hydrogen-bond donors (Lipinski definition) is 4. The maximum absolute atomic E-state index is 14.4. The smallest absolute Gasteiger partial charge is 0.306 e. The van der Waals surface area contributed by atoms with E-state index in [4.69, 9.17) is 4.99 Å². The molecule has 0 spiro atoms. The molecule has 0 aliphatic carbocycles. The van der Waals surface area contributed by atoms with Crippen LogP contribution < -0.4 is 10.6 Å². The Morgan fingerprint density at radius 2 is 1.62 bits per heavy atom. The zero-order valence-electron chi connectivity index (χ0n) is 39.6. The Hall–Kier alpha value is -6.89. The Kier molecular flexibility index (Phi) is 12.7. The van der Waals surface area contributed by atoms with Crippen molar-refractivity contribution in [1.29, 1.82) is 0 Å². The molecule has 0 unspecified atom stereocenters. The molecule has 0 saturated carbocycles. The third-order valence-electron chi connectivity index (χ3n) is 13.1. The van der Waals surface area contributed by atoms with Crippen molar-refractivity contribution in [3.63, 3.8) is 0 Å². The van der Waals surface area contributed by atoms with Crippen LogP contribution in [0.15, 0.2) is 83.4 Å². The molecule has 6 heterocycles. The summed E-state index contributed by atoms with van der Waals surface area (Å²) in [6.07, 6.45) is 0.649. The number of fused-ring (bicyclic) bond motifs is 4. The van der Waals surface area contributed by atoms with Crippen LogP contribution in [0.2, 0.25) is 0 Å². The summed E-state index contributed by atoms with van der Waals surface area (Å²) in [4.78, 5) is 67.3. The lowest BCUT2D eigenvalue weighted by Gasteiger charge is -2.35. The van der Waals surface area contributed by atoms with E-state index in [1.165, 1.54) is 4.90 Å². The summed E-state index contributed by atoms with van der Waals surface area (Å²) in [5.74, 6) is -1.10. The average Bonchev–Trinajstić information content (AvgIpc) is 4.15. The first-order valence-electron chi connectivity index (χ1n) is 22.8. The predicted octanol–water partition coefficient (Wildman–Crippen LogP) is 7.44. The van der Waals surface area contributed by atoms with Crippen molar-refractivity contribution < 1.29 is 29.4 Å². The Bertz CT molecular complexity index is 3160. The van der Waals surface area contributed by atoms with Crippen LogP contribution in [-0.4, -0.2) is 98.8 Å². The normalized spacial score (nSPS) is 17.7. The number of likely N-dealkylation sites (tertiary alicyclic amines) is 1. The maximum Gasteiger partial charge on any atom is 0.306 e. The van der Waals surface area contributed by atoms with Crippen LogP contribution >= 0.6 is 22.7 Å². The van der Waals surface area contributed by atoms with Crippen molar-refractivity contribution in [1.82, 2.24) is 45.1 Å². The molecule has 4 aromatic heterocycles. The number of nitrogens with zero attached hydrogens (tertiary/aromatic N) is 8. The second kappa shape index (κ2) is 18.5. The number of nitrogens with one attached hydrogen (secondary N) is 2. The first-order valence-corrected chi connectivity index (χ1v) is 24.5. The number of carbonyl (C=O) groups is 4. The molecular weight excluding hydrogens is 913 g/mol. The molecule has 16 nitrogen and oxygen atoms in total. The number of aliphatic carboxylic acids is 1. The number of carboxylic acids is 1. The highest BCUT2D eigenvalue weighted by atomic mass is 32.1. The summed E-state index contributed by atoms with van der Waals surface area (Å²) in [5.41, 5.74) is 9.94. The third kappa shape index (κ3) is 9.11. The lowest BCUT2D eigenvalue weighted by atomic mass is 9.85. The van der Waals surface area contributed by atoms with Gasteiger partial charge in [0.15, 0.2) is 5.82 Å². The largest absolute Gasteiger partial charge is 0.481 e.